The number of methoxy groups -OCH3 is 1. The second-order valence-corrected chi connectivity index (χ2v) is 7.18. The molecule has 25 heavy (non-hydrogen) atoms. The van der Waals surface area contributed by atoms with E-state index in [1.807, 2.05) is 0 Å². The Morgan fingerprint density at radius 2 is 1.80 bits per heavy atom. The normalized spacial score (nSPS) is 15.7. The summed E-state index contributed by atoms with van der Waals surface area (Å²) in [4.78, 5) is 23.0. The van der Waals surface area contributed by atoms with Crippen molar-refractivity contribution < 1.29 is 19.4 Å². The Labute approximate surface area is 153 Å². The Hall–Kier alpha value is -1.16. The van der Waals surface area contributed by atoms with Crippen LogP contribution in [0, 0.1) is 0 Å². The largest absolute Gasteiger partial charge is 0.469 e. The van der Waals surface area contributed by atoms with Gasteiger partial charge in [0.05, 0.1) is 13.2 Å². The lowest BCUT2D eigenvalue weighted by molar-refractivity contribution is -0.140. The number of aliphatic hydroxyl groups excluding tert-OH is 1. The molecule has 0 aromatic heterocycles. The third-order valence-electron chi connectivity index (χ3n) is 5.12. The summed E-state index contributed by atoms with van der Waals surface area (Å²) in [5.41, 5.74) is 2.38. The van der Waals surface area contributed by atoms with Gasteiger partial charge in [0.1, 0.15) is 0 Å². The van der Waals surface area contributed by atoms with Crippen LogP contribution in [0.2, 0.25) is 0 Å². The van der Waals surface area contributed by atoms with Gasteiger partial charge in [-0.15, -0.1) is 0 Å². The van der Waals surface area contributed by atoms with Gasteiger partial charge in [0, 0.05) is 12.8 Å². The number of hydrogen-bond acceptors (Lipinski definition) is 4. The Morgan fingerprint density at radius 3 is 2.52 bits per heavy atom. The monoisotopic (exact) mass is 352 g/mol. The maximum Gasteiger partial charge on any atom is 0.305 e. The zero-order valence-corrected chi connectivity index (χ0v) is 16.1. The summed E-state index contributed by atoms with van der Waals surface area (Å²) in [6.45, 7) is 2.18. The maximum absolute atomic E-state index is 12.0. The van der Waals surface area contributed by atoms with E-state index in [2.05, 4.69) is 11.7 Å². The molecule has 0 aromatic carbocycles. The number of Topliss-reactive ketones (excluding diaryl/α,β-unsaturated/α-hetero) is 1. The second-order valence-electron chi connectivity index (χ2n) is 7.18. The van der Waals surface area contributed by atoms with E-state index in [1.54, 1.807) is 0 Å². The minimum absolute atomic E-state index is 0.144. The van der Waals surface area contributed by atoms with Crippen LogP contribution >= 0.6 is 0 Å². The first-order valence-electron chi connectivity index (χ1n) is 10.1. The van der Waals surface area contributed by atoms with E-state index in [0.29, 0.717) is 18.6 Å². The summed E-state index contributed by atoms with van der Waals surface area (Å²) >= 11 is 0. The average molecular weight is 353 g/mol. The van der Waals surface area contributed by atoms with Crippen molar-refractivity contribution in [3.8, 4) is 0 Å². The quantitative estimate of drug-likeness (QED) is 0.357. The van der Waals surface area contributed by atoms with Crippen molar-refractivity contribution in [3.63, 3.8) is 0 Å². The fourth-order valence-corrected chi connectivity index (χ4v) is 3.50. The zero-order valence-electron chi connectivity index (χ0n) is 16.1. The molecule has 1 aliphatic carbocycles. The molecule has 0 heterocycles. The molecule has 0 saturated carbocycles. The molecule has 0 aromatic rings. The van der Waals surface area contributed by atoms with Crippen LogP contribution in [0.25, 0.3) is 0 Å². The molecular weight excluding hydrogens is 316 g/mol. The summed E-state index contributed by atoms with van der Waals surface area (Å²) in [7, 11) is 1.42. The van der Waals surface area contributed by atoms with Crippen LogP contribution < -0.4 is 0 Å². The number of hydrogen-bond donors (Lipinski definition) is 1. The van der Waals surface area contributed by atoms with E-state index < -0.39 is 0 Å². The van der Waals surface area contributed by atoms with Crippen molar-refractivity contribution in [3.05, 3.63) is 11.1 Å². The molecule has 0 saturated heterocycles. The van der Waals surface area contributed by atoms with E-state index >= 15 is 0 Å². The number of unbranched alkanes of at least 4 members (excludes halogenated alkanes) is 5. The van der Waals surface area contributed by atoms with Crippen molar-refractivity contribution in [2.45, 2.75) is 103 Å². The first kappa shape index (κ1) is 21.9. The smallest absolute Gasteiger partial charge is 0.305 e. The molecule has 0 bridgehead atoms. The molecule has 144 valence electrons. The van der Waals surface area contributed by atoms with E-state index in [-0.39, 0.29) is 12.1 Å². The van der Waals surface area contributed by atoms with Crippen molar-refractivity contribution in [1.82, 2.24) is 0 Å². The van der Waals surface area contributed by atoms with Crippen molar-refractivity contribution in [1.29, 1.82) is 0 Å². The number of ketones is 1. The highest BCUT2D eigenvalue weighted by Crippen LogP contribution is 2.31. The van der Waals surface area contributed by atoms with Gasteiger partial charge in [-0.2, -0.15) is 0 Å². The third-order valence-corrected chi connectivity index (χ3v) is 5.12. The predicted octanol–water partition coefficient (Wildman–Crippen LogP) is 4.88. The molecule has 0 fully saturated rings. The first-order valence-corrected chi connectivity index (χ1v) is 10.1. The number of allylic oxidation sites excluding steroid dienone is 2. The fourth-order valence-electron chi connectivity index (χ4n) is 3.50. The number of rotatable bonds is 14. The van der Waals surface area contributed by atoms with Crippen LogP contribution in [0.4, 0.5) is 0 Å². The van der Waals surface area contributed by atoms with E-state index in [0.717, 1.165) is 69.8 Å². The predicted molar refractivity (Wildman–Crippen MR) is 100 cm³/mol. The molecule has 0 amide bonds. The topological polar surface area (TPSA) is 63.6 Å². The fraction of sp³-hybridized carbons (Fsp3) is 0.810. The number of esters is 1. The lowest BCUT2D eigenvalue weighted by Crippen LogP contribution is -2.07. The van der Waals surface area contributed by atoms with E-state index in [4.69, 9.17) is 0 Å². The number of carbonyl (C=O) groups excluding carboxylic acids is 2. The first-order chi connectivity index (χ1) is 12.1. The molecular formula is C21H36O4. The highest BCUT2D eigenvalue weighted by atomic mass is 16.5. The highest BCUT2D eigenvalue weighted by molar-refractivity contribution is 5.98. The van der Waals surface area contributed by atoms with Crippen LogP contribution in [0.3, 0.4) is 0 Å². The lowest BCUT2D eigenvalue weighted by atomic mass is 9.97. The second kappa shape index (κ2) is 13.1. The standard InChI is InChI=1S/C21H36O4/c1-3-4-7-11-19-17(14-16-20(19)23)13-15-18(22)10-8-5-6-9-12-21(24)25-2/h18,22H,3-16H2,1-2H3. The van der Waals surface area contributed by atoms with E-state index in [1.165, 1.54) is 25.5 Å². The SMILES string of the molecule is CCCCCC1=C(CCC(O)CCCCCCC(=O)OC)CCC1=O. The molecule has 4 nitrogen and oxygen atoms in total. The van der Waals surface area contributed by atoms with Gasteiger partial charge in [-0.1, -0.05) is 44.6 Å². The van der Waals surface area contributed by atoms with Crippen molar-refractivity contribution in [2.24, 2.45) is 0 Å². The molecule has 1 N–H and O–H groups in total. The number of aliphatic hydroxyl groups is 1. The minimum atomic E-state index is -0.277. The van der Waals surface area contributed by atoms with Gasteiger partial charge in [0.25, 0.3) is 0 Å². The zero-order chi connectivity index (χ0) is 18.5. The molecule has 4 heteroatoms. The molecule has 1 unspecified atom stereocenters. The maximum atomic E-state index is 12.0. The summed E-state index contributed by atoms with van der Waals surface area (Å²) in [6.07, 6.45) is 12.5. The summed E-state index contributed by atoms with van der Waals surface area (Å²) in [6, 6.07) is 0. The number of ether oxygens (including phenoxy) is 1. The van der Waals surface area contributed by atoms with Gasteiger partial charge in [0.2, 0.25) is 0 Å². The Bertz CT molecular complexity index is 439. The molecule has 0 spiro atoms. The molecule has 1 aliphatic rings. The van der Waals surface area contributed by atoms with Crippen LogP contribution in [0.1, 0.15) is 96.8 Å². The van der Waals surface area contributed by atoms with Gasteiger partial charge < -0.3 is 9.84 Å². The van der Waals surface area contributed by atoms with Gasteiger partial charge >= 0.3 is 5.97 Å². The lowest BCUT2D eigenvalue weighted by Gasteiger charge is -2.12. The van der Waals surface area contributed by atoms with E-state index in [9.17, 15) is 14.7 Å². The van der Waals surface area contributed by atoms with Gasteiger partial charge in [-0.05, 0) is 50.5 Å². The highest BCUT2D eigenvalue weighted by Gasteiger charge is 2.22. The van der Waals surface area contributed by atoms with Crippen molar-refractivity contribution in [2.75, 3.05) is 7.11 Å². The molecule has 0 aliphatic heterocycles. The van der Waals surface area contributed by atoms with Gasteiger partial charge in [0.15, 0.2) is 5.78 Å². The molecule has 0 radical (unpaired) electrons. The number of carbonyl (C=O) groups is 2. The van der Waals surface area contributed by atoms with Crippen LogP contribution in [-0.2, 0) is 14.3 Å². The van der Waals surface area contributed by atoms with Crippen LogP contribution in [0.15, 0.2) is 11.1 Å². The Kier molecular flexibility index (Phi) is 11.5. The molecule has 1 atom stereocenters. The summed E-state index contributed by atoms with van der Waals surface area (Å²) in [5.74, 6) is 0.195. The minimum Gasteiger partial charge on any atom is -0.469 e. The van der Waals surface area contributed by atoms with Crippen LogP contribution in [0.5, 0.6) is 0 Å². The van der Waals surface area contributed by atoms with Crippen LogP contribution in [-0.4, -0.2) is 30.1 Å². The van der Waals surface area contributed by atoms with Gasteiger partial charge in [-0.25, -0.2) is 0 Å². The summed E-state index contributed by atoms with van der Waals surface area (Å²) < 4.78 is 4.62. The Morgan fingerprint density at radius 1 is 1.04 bits per heavy atom. The van der Waals surface area contributed by atoms with Gasteiger partial charge in [-0.3, -0.25) is 9.59 Å². The Balaban J connectivity index is 2.18. The molecule has 1 rings (SSSR count). The van der Waals surface area contributed by atoms with Crippen molar-refractivity contribution >= 4 is 11.8 Å². The third kappa shape index (κ3) is 9.20. The average Bonchev–Trinajstić information content (AvgIpc) is 2.96. The summed E-state index contributed by atoms with van der Waals surface area (Å²) in [5, 5.41) is 10.2.